The van der Waals surface area contributed by atoms with Gasteiger partial charge in [-0.15, -0.1) is 0 Å². The van der Waals surface area contributed by atoms with Crippen molar-refractivity contribution in [1.29, 1.82) is 0 Å². The molecule has 6 nitrogen and oxygen atoms in total. The molecular weight excluding hydrogens is 456 g/mol. The molecule has 0 saturated heterocycles. The molecule has 2 aromatic rings. The van der Waals surface area contributed by atoms with Crippen LogP contribution in [0.4, 0.5) is 28.4 Å². The van der Waals surface area contributed by atoms with Crippen LogP contribution in [0.3, 0.4) is 0 Å². The summed E-state index contributed by atoms with van der Waals surface area (Å²) in [6.45, 7) is 0.185. The van der Waals surface area contributed by atoms with Crippen LogP contribution in [0.2, 0.25) is 5.02 Å². The molecule has 3 rings (SSSR count). The molecule has 2 atom stereocenters. The number of likely N-dealkylation sites (N-methyl/N-ethyl adjacent to an activating group) is 1. The molecule has 1 saturated carbocycles. The number of sulfonamides is 1. The first kappa shape index (κ1) is 22.1. The summed E-state index contributed by atoms with van der Waals surface area (Å²) in [5.74, 6) is -4.42. The zero-order valence-electron chi connectivity index (χ0n) is 15.0. The lowest BCUT2D eigenvalue weighted by atomic mass is 10.1. The summed E-state index contributed by atoms with van der Waals surface area (Å²) in [6.07, 6.45) is 0.912. The molecule has 0 aliphatic heterocycles. The Kier molecular flexibility index (Phi) is 6.27. The van der Waals surface area contributed by atoms with Crippen molar-refractivity contribution in [3.63, 3.8) is 0 Å². The summed E-state index contributed by atoms with van der Waals surface area (Å²) < 4.78 is 80.2. The van der Waals surface area contributed by atoms with Crippen LogP contribution in [0.15, 0.2) is 23.2 Å². The van der Waals surface area contributed by atoms with Gasteiger partial charge in [-0.25, -0.2) is 26.6 Å². The highest BCUT2D eigenvalue weighted by atomic mass is 35.5. The predicted octanol–water partition coefficient (Wildman–Crippen LogP) is 3.92. The lowest BCUT2D eigenvalue weighted by Crippen LogP contribution is -2.33. The van der Waals surface area contributed by atoms with Gasteiger partial charge in [-0.2, -0.15) is 4.39 Å². The number of benzene rings is 1. The van der Waals surface area contributed by atoms with Gasteiger partial charge in [0.15, 0.2) is 10.3 Å². The van der Waals surface area contributed by atoms with Gasteiger partial charge in [0, 0.05) is 24.9 Å². The van der Waals surface area contributed by atoms with Crippen molar-refractivity contribution in [3.05, 3.63) is 34.3 Å². The van der Waals surface area contributed by atoms with Crippen molar-refractivity contribution in [3.8, 4) is 0 Å². The van der Waals surface area contributed by atoms with Gasteiger partial charge in [0.2, 0.25) is 0 Å². The van der Waals surface area contributed by atoms with E-state index < -0.39 is 37.7 Å². The largest absolute Gasteiger partial charge is 0.382 e. The van der Waals surface area contributed by atoms with E-state index in [-0.39, 0.29) is 41.3 Å². The van der Waals surface area contributed by atoms with Gasteiger partial charge in [0.05, 0.1) is 16.9 Å². The first-order valence-corrected chi connectivity index (χ1v) is 11.1. The van der Waals surface area contributed by atoms with Crippen molar-refractivity contribution in [1.82, 2.24) is 10.3 Å². The number of halogens is 5. The summed E-state index contributed by atoms with van der Waals surface area (Å²) in [6, 6.07) is 1.50. The van der Waals surface area contributed by atoms with Gasteiger partial charge in [-0.3, -0.25) is 4.72 Å². The van der Waals surface area contributed by atoms with Crippen LogP contribution in [0.1, 0.15) is 12.8 Å². The van der Waals surface area contributed by atoms with Crippen LogP contribution in [0.25, 0.3) is 0 Å². The number of hydrogen-bond acceptors (Lipinski definition) is 6. The van der Waals surface area contributed by atoms with E-state index in [0.717, 1.165) is 18.3 Å². The smallest absolute Gasteiger partial charge is 0.266 e. The Morgan fingerprint density at radius 2 is 2.07 bits per heavy atom. The van der Waals surface area contributed by atoms with Crippen LogP contribution in [0.5, 0.6) is 0 Å². The second-order valence-electron chi connectivity index (χ2n) is 6.60. The summed E-state index contributed by atoms with van der Waals surface area (Å²) in [5.41, 5.74) is 0.117. The molecule has 0 bridgehead atoms. The monoisotopic (exact) mass is 472 g/mol. The molecule has 13 heteroatoms. The maximum atomic E-state index is 14.4. The highest BCUT2D eigenvalue weighted by Crippen LogP contribution is 2.51. The Balaban J connectivity index is 1.70. The Bertz CT molecular complexity index is 1000. The zero-order valence-corrected chi connectivity index (χ0v) is 17.4. The molecule has 1 fully saturated rings. The van der Waals surface area contributed by atoms with E-state index in [4.69, 9.17) is 11.6 Å². The highest BCUT2D eigenvalue weighted by Gasteiger charge is 2.56. The number of nitrogens with zero attached hydrogens (tertiary/aromatic N) is 1. The lowest BCUT2D eigenvalue weighted by molar-refractivity contribution is 0.0949. The summed E-state index contributed by atoms with van der Waals surface area (Å²) in [7, 11) is -2.76. The van der Waals surface area contributed by atoms with Crippen LogP contribution < -0.4 is 15.4 Å². The van der Waals surface area contributed by atoms with Crippen molar-refractivity contribution < 1.29 is 26.0 Å². The van der Waals surface area contributed by atoms with Crippen molar-refractivity contribution in [2.24, 2.45) is 5.92 Å². The van der Waals surface area contributed by atoms with Gasteiger partial charge in [-0.1, -0.05) is 22.9 Å². The molecule has 0 amide bonds. The lowest BCUT2D eigenvalue weighted by Gasteiger charge is -2.18. The van der Waals surface area contributed by atoms with Crippen LogP contribution in [-0.4, -0.2) is 39.0 Å². The molecule has 1 aliphatic rings. The average Bonchev–Trinajstić information content (AvgIpc) is 3.02. The van der Waals surface area contributed by atoms with E-state index >= 15 is 0 Å². The molecule has 1 aromatic heterocycles. The topological polar surface area (TPSA) is 83.1 Å². The van der Waals surface area contributed by atoms with Gasteiger partial charge >= 0.3 is 0 Å². The molecule has 0 radical (unpaired) electrons. The molecule has 1 aromatic carbocycles. The number of rotatable bonds is 9. The second kappa shape index (κ2) is 8.25. The Labute approximate surface area is 173 Å². The van der Waals surface area contributed by atoms with Gasteiger partial charge in [0.25, 0.3) is 15.9 Å². The number of aromatic nitrogens is 1. The summed E-state index contributed by atoms with van der Waals surface area (Å²) >= 11 is 6.52. The second-order valence-corrected chi connectivity index (χ2v) is 9.64. The first-order chi connectivity index (χ1) is 13.5. The number of anilines is 2. The number of hydrogen-bond donors (Lipinski definition) is 3. The van der Waals surface area contributed by atoms with E-state index in [1.54, 1.807) is 7.05 Å². The van der Waals surface area contributed by atoms with Crippen LogP contribution in [-0.2, 0) is 10.0 Å². The number of nitrogens with one attached hydrogen (secondary N) is 3. The van der Waals surface area contributed by atoms with Crippen LogP contribution in [0, 0.1) is 16.9 Å². The first-order valence-electron chi connectivity index (χ1n) is 8.44. The quantitative estimate of drug-likeness (QED) is 0.482. The van der Waals surface area contributed by atoms with E-state index in [0.29, 0.717) is 11.3 Å². The van der Waals surface area contributed by atoms with Gasteiger partial charge in [-0.05, 0) is 25.6 Å². The number of thiazole rings is 1. The third kappa shape index (κ3) is 5.30. The van der Waals surface area contributed by atoms with Crippen molar-refractivity contribution in [2.75, 3.05) is 23.6 Å². The molecule has 1 unspecified atom stereocenters. The SMILES string of the molecule is CN[C@H](CNc1cc(F)c(S(=O)(=O)Nc2ncc(F)s2)cc1Cl)CC1CC1(F)F. The molecular formula is C16H17ClF4N4O2S2. The van der Waals surface area contributed by atoms with Gasteiger partial charge < -0.3 is 10.6 Å². The fraction of sp³-hybridized carbons (Fsp3) is 0.438. The average molecular weight is 473 g/mol. The summed E-state index contributed by atoms with van der Waals surface area (Å²) in [5, 5.41) is 4.71. The maximum Gasteiger partial charge on any atom is 0.266 e. The maximum absolute atomic E-state index is 14.4. The normalized spacial score (nSPS) is 19.0. The fourth-order valence-electron chi connectivity index (χ4n) is 2.75. The highest BCUT2D eigenvalue weighted by molar-refractivity contribution is 7.93. The Morgan fingerprint density at radius 1 is 1.38 bits per heavy atom. The minimum Gasteiger partial charge on any atom is -0.382 e. The third-order valence-electron chi connectivity index (χ3n) is 4.48. The van der Waals surface area contributed by atoms with E-state index in [1.807, 2.05) is 4.72 Å². The number of alkyl halides is 2. The molecule has 0 spiro atoms. The molecule has 1 aliphatic carbocycles. The van der Waals surface area contributed by atoms with Gasteiger partial charge in [0.1, 0.15) is 10.7 Å². The fourth-order valence-corrected chi connectivity index (χ4v) is 4.91. The minimum absolute atomic E-state index is 0.0799. The Hall–Kier alpha value is -1.63. The predicted molar refractivity (Wildman–Crippen MR) is 103 cm³/mol. The van der Waals surface area contributed by atoms with E-state index in [2.05, 4.69) is 15.6 Å². The van der Waals surface area contributed by atoms with E-state index in [1.165, 1.54) is 0 Å². The third-order valence-corrected chi connectivity index (χ3v) is 6.98. The minimum atomic E-state index is -4.38. The van der Waals surface area contributed by atoms with E-state index in [9.17, 15) is 26.0 Å². The Morgan fingerprint density at radius 3 is 2.62 bits per heavy atom. The summed E-state index contributed by atoms with van der Waals surface area (Å²) in [4.78, 5) is 2.79. The molecule has 1 heterocycles. The molecule has 29 heavy (non-hydrogen) atoms. The molecule has 160 valence electrons. The molecule has 3 N–H and O–H groups in total. The standard InChI is InChI=1S/C16H17ClF4N4O2S2/c1-22-9(2-8-5-16(8,20)21)6-23-12-4-11(18)13(3-10(12)17)29(26,27)25-15-24-7-14(19)28-15/h3-4,7-9,22-23H,2,5-6H2,1H3,(H,24,25)/t8?,9-/m0/s1. The van der Waals surface area contributed by atoms with Crippen molar-refractivity contribution in [2.45, 2.75) is 29.7 Å². The van der Waals surface area contributed by atoms with Crippen LogP contribution >= 0.6 is 22.9 Å². The zero-order chi connectivity index (χ0) is 21.4. The van der Waals surface area contributed by atoms with Crippen molar-refractivity contribution >= 4 is 43.8 Å².